The molecule has 0 saturated carbocycles. The van der Waals surface area contributed by atoms with Crippen molar-refractivity contribution in [2.45, 2.75) is 20.3 Å². The highest BCUT2D eigenvalue weighted by atomic mass is 32.1. The van der Waals surface area contributed by atoms with Gasteiger partial charge in [0, 0.05) is 4.88 Å². The topological polar surface area (TPSA) is 64.6 Å². The summed E-state index contributed by atoms with van der Waals surface area (Å²) in [6.45, 7) is 4.55. The van der Waals surface area contributed by atoms with E-state index in [1.807, 2.05) is 61.5 Å². The molecule has 6 heteroatoms. The van der Waals surface area contributed by atoms with Crippen LogP contribution in [0.25, 0.3) is 10.4 Å². The molecule has 0 atom stereocenters. The van der Waals surface area contributed by atoms with Gasteiger partial charge >= 0.3 is 5.97 Å². The summed E-state index contributed by atoms with van der Waals surface area (Å²) in [6.07, 6.45) is 0.202. The predicted molar refractivity (Wildman–Crippen MR) is 116 cm³/mol. The van der Waals surface area contributed by atoms with Gasteiger partial charge in [0.1, 0.15) is 10.8 Å². The second-order valence-electron chi connectivity index (χ2n) is 6.24. The lowest BCUT2D eigenvalue weighted by molar-refractivity contribution is -0.115. The van der Waals surface area contributed by atoms with Crippen LogP contribution in [0.1, 0.15) is 29.8 Å². The molecule has 0 aliphatic carbocycles. The van der Waals surface area contributed by atoms with Gasteiger partial charge in [-0.3, -0.25) is 4.79 Å². The number of nitrogens with one attached hydrogen (secondary N) is 1. The van der Waals surface area contributed by atoms with E-state index in [9.17, 15) is 9.59 Å². The molecule has 0 fully saturated rings. The van der Waals surface area contributed by atoms with E-state index in [4.69, 9.17) is 9.47 Å². The van der Waals surface area contributed by atoms with Crippen molar-refractivity contribution in [3.8, 4) is 16.2 Å². The molecule has 3 rings (SSSR count). The molecule has 3 aromatic rings. The highest BCUT2D eigenvalue weighted by Gasteiger charge is 2.20. The van der Waals surface area contributed by atoms with Gasteiger partial charge in [-0.1, -0.05) is 42.5 Å². The maximum absolute atomic E-state index is 12.6. The molecule has 0 aliphatic heterocycles. The number of carbonyl (C=O) groups excluding carboxylic acids is 2. The van der Waals surface area contributed by atoms with E-state index >= 15 is 0 Å². The monoisotopic (exact) mass is 409 g/mol. The highest BCUT2D eigenvalue weighted by molar-refractivity contribution is 7.20. The highest BCUT2D eigenvalue weighted by Crippen LogP contribution is 2.36. The number of thiophene rings is 1. The first-order chi connectivity index (χ1) is 14.1. The normalized spacial score (nSPS) is 10.4. The second-order valence-corrected chi connectivity index (χ2v) is 7.29. The Morgan fingerprint density at radius 2 is 1.69 bits per heavy atom. The Morgan fingerprint density at radius 1 is 0.966 bits per heavy atom. The van der Waals surface area contributed by atoms with Crippen LogP contribution in [0.2, 0.25) is 0 Å². The van der Waals surface area contributed by atoms with Gasteiger partial charge in [0.05, 0.1) is 25.2 Å². The SMILES string of the molecule is CCOC(=O)c1cc(-c2ccccc2)sc1NC(=O)Cc1ccc(OCC)cc1. The number of hydrogen-bond donors (Lipinski definition) is 1. The van der Waals surface area contributed by atoms with Crippen molar-refractivity contribution < 1.29 is 19.1 Å². The molecule has 1 amide bonds. The van der Waals surface area contributed by atoms with Crippen molar-refractivity contribution >= 4 is 28.2 Å². The molecule has 5 nitrogen and oxygen atoms in total. The molecule has 0 bridgehead atoms. The molecule has 1 heterocycles. The summed E-state index contributed by atoms with van der Waals surface area (Å²) in [5.41, 5.74) is 2.22. The first kappa shape index (κ1) is 20.6. The minimum Gasteiger partial charge on any atom is -0.494 e. The summed E-state index contributed by atoms with van der Waals surface area (Å²) in [5, 5.41) is 3.37. The Bertz CT molecular complexity index is 964. The number of benzene rings is 2. The maximum Gasteiger partial charge on any atom is 0.341 e. The van der Waals surface area contributed by atoms with Crippen LogP contribution < -0.4 is 10.1 Å². The molecule has 1 N–H and O–H groups in total. The third-order valence-electron chi connectivity index (χ3n) is 4.14. The smallest absolute Gasteiger partial charge is 0.341 e. The molecule has 0 radical (unpaired) electrons. The summed E-state index contributed by atoms with van der Waals surface area (Å²) >= 11 is 1.36. The number of carbonyl (C=O) groups is 2. The maximum atomic E-state index is 12.6. The number of hydrogen-bond acceptors (Lipinski definition) is 5. The lowest BCUT2D eigenvalue weighted by Crippen LogP contribution is -2.16. The Labute approximate surface area is 174 Å². The van der Waals surface area contributed by atoms with Crippen LogP contribution in [-0.2, 0) is 16.0 Å². The van der Waals surface area contributed by atoms with Crippen molar-refractivity contribution in [3.63, 3.8) is 0 Å². The van der Waals surface area contributed by atoms with Gasteiger partial charge in [-0.25, -0.2) is 4.79 Å². The second kappa shape index (κ2) is 9.89. The summed E-state index contributed by atoms with van der Waals surface area (Å²) in [4.78, 5) is 25.8. The zero-order valence-electron chi connectivity index (χ0n) is 16.4. The fourth-order valence-electron chi connectivity index (χ4n) is 2.82. The first-order valence-corrected chi connectivity index (χ1v) is 10.3. The van der Waals surface area contributed by atoms with Crippen molar-refractivity contribution in [1.82, 2.24) is 0 Å². The largest absolute Gasteiger partial charge is 0.494 e. The average molecular weight is 410 g/mol. The van der Waals surface area contributed by atoms with Crippen molar-refractivity contribution in [2.24, 2.45) is 0 Å². The number of ether oxygens (including phenoxy) is 2. The number of anilines is 1. The Morgan fingerprint density at radius 3 is 2.34 bits per heavy atom. The van der Waals surface area contributed by atoms with Crippen LogP contribution in [0, 0.1) is 0 Å². The Kier molecular flexibility index (Phi) is 7.03. The molecule has 0 saturated heterocycles. The molecule has 150 valence electrons. The van der Waals surface area contributed by atoms with Gasteiger partial charge in [-0.15, -0.1) is 11.3 Å². The van der Waals surface area contributed by atoms with E-state index in [0.29, 0.717) is 17.2 Å². The molecule has 0 aliphatic rings. The van der Waals surface area contributed by atoms with Gasteiger partial charge in [-0.05, 0) is 43.2 Å². The summed E-state index contributed by atoms with van der Waals surface area (Å²) in [6, 6.07) is 18.9. The lowest BCUT2D eigenvalue weighted by Gasteiger charge is -2.07. The van der Waals surface area contributed by atoms with Crippen molar-refractivity contribution in [3.05, 3.63) is 71.8 Å². The van der Waals surface area contributed by atoms with E-state index in [0.717, 1.165) is 21.8 Å². The van der Waals surface area contributed by atoms with Crippen LogP contribution in [0.15, 0.2) is 60.7 Å². The third-order valence-corrected chi connectivity index (χ3v) is 5.24. The van der Waals surface area contributed by atoms with Gasteiger partial charge in [0.25, 0.3) is 0 Å². The summed E-state index contributed by atoms with van der Waals surface area (Å²) in [5.74, 6) is 0.135. The molecule has 0 spiro atoms. The van der Waals surface area contributed by atoms with Crippen LogP contribution in [0.5, 0.6) is 5.75 Å². The van der Waals surface area contributed by atoms with Crippen LogP contribution >= 0.6 is 11.3 Å². The quantitative estimate of drug-likeness (QED) is 0.521. The molecule has 2 aromatic carbocycles. The average Bonchev–Trinajstić information content (AvgIpc) is 3.14. The van der Waals surface area contributed by atoms with Crippen molar-refractivity contribution in [2.75, 3.05) is 18.5 Å². The molecular weight excluding hydrogens is 386 g/mol. The minimum absolute atomic E-state index is 0.193. The van der Waals surface area contributed by atoms with E-state index in [2.05, 4.69) is 5.32 Å². The van der Waals surface area contributed by atoms with Gasteiger partial charge < -0.3 is 14.8 Å². The number of esters is 1. The number of rotatable bonds is 8. The predicted octanol–water partition coefficient (Wildman–Crippen LogP) is 5.17. The van der Waals surface area contributed by atoms with Gasteiger partial charge in [0.2, 0.25) is 5.91 Å². The minimum atomic E-state index is -0.442. The molecule has 0 unspecified atom stereocenters. The molecular formula is C23H23NO4S. The summed E-state index contributed by atoms with van der Waals surface area (Å²) in [7, 11) is 0. The summed E-state index contributed by atoms with van der Waals surface area (Å²) < 4.78 is 10.6. The van der Waals surface area contributed by atoms with Crippen LogP contribution in [-0.4, -0.2) is 25.1 Å². The molecule has 29 heavy (non-hydrogen) atoms. The van der Waals surface area contributed by atoms with E-state index in [1.165, 1.54) is 11.3 Å². The van der Waals surface area contributed by atoms with Crippen LogP contribution in [0.4, 0.5) is 5.00 Å². The fourth-order valence-corrected chi connectivity index (χ4v) is 3.88. The first-order valence-electron chi connectivity index (χ1n) is 9.48. The van der Waals surface area contributed by atoms with Crippen molar-refractivity contribution in [1.29, 1.82) is 0 Å². The van der Waals surface area contributed by atoms with Crippen LogP contribution in [0.3, 0.4) is 0 Å². The van der Waals surface area contributed by atoms with Gasteiger partial charge in [-0.2, -0.15) is 0 Å². The van der Waals surface area contributed by atoms with E-state index in [-0.39, 0.29) is 18.9 Å². The van der Waals surface area contributed by atoms with Gasteiger partial charge in [0.15, 0.2) is 0 Å². The zero-order valence-corrected chi connectivity index (χ0v) is 17.3. The van der Waals surface area contributed by atoms with E-state index in [1.54, 1.807) is 13.0 Å². The Hall–Kier alpha value is -3.12. The Balaban J connectivity index is 1.78. The standard InChI is InChI=1S/C23H23NO4S/c1-3-27-18-12-10-16(11-13-18)14-21(25)24-22-19(23(26)28-4-2)15-20(29-22)17-8-6-5-7-9-17/h5-13,15H,3-4,14H2,1-2H3,(H,24,25). The fraction of sp³-hybridized carbons (Fsp3) is 0.217. The van der Waals surface area contributed by atoms with E-state index < -0.39 is 5.97 Å². The molecule has 1 aromatic heterocycles. The zero-order chi connectivity index (χ0) is 20.6. The third kappa shape index (κ3) is 5.45. The number of amides is 1. The lowest BCUT2D eigenvalue weighted by atomic mass is 10.1.